The standard InChI is InChI=1S/C21H28N2O6S/c1-4-28-19-15-17(23-10-12-27-13-11-23)20(29-5-2)14-16(19)22-30(24,25)21-9-7-6-8-18(21)26-3/h6-9,14-15,22H,4-5,10-13H2,1-3H3. The van der Waals surface area contributed by atoms with Crippen molar-refractivity contribution in [1.82, 2.24) is 0 Å². The van der Waals surface area contributed by atoms with Gasteiger partial charge in [-0.15, -0.1) is 0 Å². The zero-order valence-electron chi connectivity index (χ0n) is 17.5. The number of benzene rings is 2. The molecule has 0 atom stereocenters. The molecule has 30 heavy (non-hydrogen) atoms. The number of nitrogens with one attached hydrogen (secondary N) is 1. The van der Waals surface area contributed by atoms with Crippen molar-refractivity contribution in [2.45, 2.75) is 18.7 Å². The Morgan fingerprint density at radius 2 is 1.67 bits per heavy atom. The van der Waals surface area contributed by atoms with Crippen LogP contribution in [0.2, 0.25) is 0 Å². The summed E-state index contributed by atoms with van der Waals surface area (Å²) in [5.41, 5.74) is 1.16. The van der Waals surface area contributed by atoms with Gasteiger partial charge in [-0.1, -0.05) is 12.1 Å². The molecular formula is C21H28N2O6S. The molecule has 2 aromatic rings. The van der Waals surface area contributed by atoms with Crippen LogP contribution in [0.5, 0.6) is 17.2 Å². The van der Waals surface area contributed by atoms with Gasteiger partial charge in [-0.3, -0.25) is 4.72 Å². The van der Waals surface area contributed by atoms with Crippen LogP contribution in [-0.4, -0.2) is 55.0 Å². The van der Waals surface area contributed by atoms with Gasteiger partial charge in [-0.05, 0) is 26.0 Å². The first-order chi connectivity index (χ1) is 14.5. The van der Waals surface area contributed by atoms with Gasteiger partial charge in [0.15, 0.2) is 0 Å². The molecule has 0 amide bonds. The molecule has 1 heterocycles. The zero-order chi connectivity index (χ0) is 21.6. The van der Waals surface area contributed by atoms with Crippen molar-refractivity contribution >= 4 is 21.4 Å². The molecule has 0 aromatic heterocycles. The van der Waals surface area contributed by atoms with Crippen molar-refractivity contribution in [3.8, 4) is 17.2 Å². The minimum Gasteiger partial charge on any atom is -0.495 e. The zero-order valence-corrected chi connectivity index (χ0v) is 18.3. The fraction of sp³-hybridized carbons (Fsp3) is 0.429. The highest BCUT2D eigenvalue weighted by Gasteiger charge is 2.24. The second kappa shape index (κ2) is 9.90. The van der Waals surface area contributed by atoms with E-state index in [0.29, 0.717) is 43.6 Å². The van der Waals surface area contributed by atoms with Crippen molar-refractivity contribution in [2.75, 3.05) is 56.2 Å². The molecule has 0 spiro atoms. The van der Waals surface area contributed by atoms with Crippen LogP contribution in [-0.2, 0) is 14.8 Å². The molecule has 8 nitrogen and oxygen atoms in total. The number of nitrogens with zero attached hydrogens (tertiary/aromatic N) is 1. The van der Waals surface area contributed by atoms with E-state index in [2.05, 4.69) is 9.62 Å². The highest BCUT2D eigenvalue weighted by Crippen LogP contribution is 2.40. The van der Waals surface area contributed by atoms with Gasteiger partial charge in [0.05, 0.1) is 44.9 Å². The lowest BCUT2D eigenvalue weighted by atomic mass is 10.2. The minimum absolute atomic E-state index is 0.0464. The quantitative estimate of drug-likeness (QED) is 0.646. The van der Waals surface area contributed by atoms with Gasteiger partial charge in [0.25, 0.3) is 10.0 Å². The third kappa shape index (κ3) is 4.91. The number of ether oxygens (including phenoxy) is 4. The molecular weight excluding hydrogens is 408 g/mol. The van der Waals surface area contributed by atoms with Crippen LogP contribution in [0.1, 0.15) is 13.8 Å². The fourth-order valence-electron chi connectivity index (χ4n) is 3.27. The Hall–Kier alpha value is -2.65. The largest absolute Gasteiger partial charge is 0.495 e. The maximum Gasteiger partial charge on any atom is 0.265 e. The second-order valence-electron chi connectivity index (χ2n) is 6.54. The predicted molar refractivity (Wildman–Crippen MR) is 116 cm³/mol. The molecule has 0 bridgehead atoms. The maximum absolute atomic E-state index is 13.1. The minimum atomic E-state index is -3.91. The summed E-state index contributed by atoms with van der Waals surface area (Å²) in [6.07, 6.45) is 0. The molecule has 2 aromatic carbocycles. The van der Waals surface area contributed by atoms with Crippen molar-refractivity contribution in [2.24, 2.45) is 0 Å². The van der Waals surface area contributed by atoms with E-state index in [1.165, 1.54) is 13.2 Å². The lowest BCUT2D eigenvalue weighted by Crippen LogP contribution is -2.36. The number of hydrogen-bond acceptors (Lipinski definition) is 7. The molecule has 0 unspecified atom stereocenters. The first kappa shape index (κ1) is 22.0. The van der Waals surface area contributed by atoms with E-state index >= 15 is 0 Å². The summed E-state index contributed by atoms with van der Waals surface area (Å²) in [6.45, 7) is 7.26. The Morgan fingerprint density at radius 1 is 1.00 bits per heavy atom. The molecule has 1 aliphatic rings. The summed E-state index contributed by atoms with van der Waals surface area (Å²) >= 11 is 0. The van der Waals surface area contributed by atoms with Crippen LogP contribution in [0.3, 0.4) is 0 Å². The van der Waals surface area contributed by atoms with Crippen LogP contribution in [0.25, 0.3) is 0 Å². The molecule has 0 saturated carbocycles. The van der Waals surface area contributed by atoms with Crippen molar-refractivity contribution in [1.29, 1.82) is 0 Å². The van der Waals surface area contributed by atoms with Gasteiger partial charge in [-0.2, -0.15) is 0 Å². The molecule has 1 fully saturated rings. The first-order valence-electron chi connectivity index (χ1n) is 9.92. The number of rotatable bonds is 9. The van der Waals surface area contributed by atoms with Crippen molar-refractivity contribution < 1.29 is 27.4 Å². The van der Waals surface area contributed by atoms with Crippen LogP contribution < -0.4 is 23.8 Å². The van der Waals surface area contributed by atoms with E-state index in [4.69, 9.17) is 18.9 Å². The number of morpholine rings is 1. The predicted octanol–water partition coefficient (Wildman–Crippen LogP) is 3.13. The van der Waals surface area contributed by atoms with E-state index in [1.807, 2.05) is 19.9 Å². The third-order valence-electron chi connectivity index (χ3n) is 4.62. The maximum atomic E-state index is 13.1. The van der Waals surface area contributed by atoms with Gasteiger partial charge in [0, 0.05) is 25.2 Å². The van der Waals surface area contributed by atoms with Crippen LogP contribution in [0, 0.1) is 0 Å². The third-order valence-corrected chi connectivity index (χ3v) is 6.02. The van der Waals surface area contributed by atoms with E-state index < -0.39 is 10.0 Å². The number of para-hydroxylation sites is 1. The van der Waals surface area contributed by atoms with E-state index in [1.54, 1.807) is 24.3 Å². The van der Waals surface area contributed by atoms with Crippen LogP contribution in [0.15, 0.2) is 41.3 Å². The normalized spacial score (nSPS) is 14.3. The fourth-order valence-corrected chi connectivity index (χ4v) is 4.50. The van der Waals surface area contributed by atoms with E-state index in [0.717, 1.165) is 18.8 Å². The summed E-state index contributed by atoms with van der Waals surface area (Å²) in [5.74, 6) is 1.28. The van der Waals surface area contributed by atoms with Gasteiger partial charge in [0.1, 0.15) is 22.1 Å². The van der Waals surface area contributed by atoms with Gasteiger partial charge < -0.3 is 23.8 Å². The monoisotopic (exact) mass is 436 g/mol. The molecule has 1 saturated heterocycles. The van der Waals surface area contributed by atoms with Gasteiger partial charge in [-0.25, -0.2) is 8.42 Å². The Morgan fingerprint density at radius 3 is 2.33 bits per heavy atom. The number of methoxy groups -OCH3 is 1. The molecule has 0 radical (unpaired) electrons. The summed E-state index contributed by atoms with van der Waals surface area (Å²) in [7, 11) is -2.48. The highest BCUT2D eigenvalue weighted by molar-refractivity contribution is 7.92. The van der Waals surface area contributed by atoms with Crippen molar-refractivity contribution in [3.05, 3.63) is 36.4 Å². The Kier molecular flexibility index (Phi) is 7.28. The molecule has 1 aliphatic heterocycles. The topological polar surface area (TPSA) is 86.3 Å². The molecule has 9 heteroatoms. The molecule has 164 valence electrons. The highest BCUT2D eigenvalue weighted by atomic mass is 32.2. The smallest absolute Gasteiger partial charge is 0.265 e. The van der Waals surface area contributed by atoms with Crippen molar-refractivity contribution in [3.63, 3.8) is 0 Å². The number of hydrogen-bond donors (Lipinski definition) is 1. The lowest BCUT2D eigenvalue weighted by Gasteiger charge is -2.31. The lowest BCUT2D eigenvalue weighted by molar-refractivity contribution is 0.122. The molecule has 1 N–H and O–H groups in total. The summed E-state index contributed by atoms with van der Waals surface area (Å²) in [6, 6.07) is 9.95. The number of anilines is 2. The Bertz CT molecular complexity index is 958. The second-order valence-corrected chi connectivity index (χ2v) is 8.19. The average molecular weight is 437 g/mol. The summed E-state index contributed by atoms with van der Waals surface area (Å²) in [5, 5.41) is 0. The molecule has 0 aliphatic carbocycles. The summed E-state index contributed by atoms with van der Waals surface area (Å²) < 4.78 is 51.0. The average Bonchev–Trinajstić information content (AvgIpc) is 2.76. The molecule has 3 rings (SSSR count). The summed E-state index contributed by atoms with van der Waals surface area (Å²) in [4.78, 5) is 2.19. The Balaban J connectivity index is 2.03. The van der Waals surface area contributed by atoms with E-state index in [-0.39, 0.29) is 10.6 Å². The Labute approximate surface area is 177 Å². The van der Waals surface area contributed by atoms with Crippen LogP contribution >= 0.6 is 0 Å². The van der Waals surface area contributed by atoms with Gasteiger partial charge in [0.2, 0.25) is 0 Å². The van der Waals surface area contributed by atoms with E-state index in [9.17, 15) is 8.42 Å². The van der Waals surface area contributed by atoms with Crippen LogP contribution in [0.4, 0.5) is 11.4 Å². The SMILES string of the molecule is CCOc1cc(N2CCOCC2)c(OCC)cc1NS(=O)(=O)c1ccccc1OC. The number of sulfonamides is 1. The first-order valence-corrected chi connectivity index (χ1v) is 11.4. The van der Waals surface area contributed by atoms with Gasteiger partial charge >= 0.3 is 0 Å².